The summed E-state index contributed by atoms with van der Waals surface area (Å²) in [6.07, 6.45) is 0.259. The van der Waals surface area contributed by atoms with Crippen LogP contribution in [0.15, 0.2) is 30.3 Å². The van der Waals surface area contributed by atoms with E-state index in [-0.39, 0.29) is 25.0 Å². The van der Waals surface area contributed by atoms with Gasteiger partial charge in [-0.3, -0.25) is 0 Å². The number of hydrogen-bond acceptors (Lipinski definition) is 1. The van der Waals surface area contributed by atoms with Gasteiger partial charge in [0.1, 0.15) is 0 Å². The van der Waals surface area contributed by atoms with E-state index in [9.17, 15) is 0 Å². The first kappa shape index (κ1) is 11.6. The second-order valence-corrected chi connectivity index (χ2v) is 2.71. The summed E-state index contributed by atoms with van der Waals surface area (Å²) >= 11 is 0. The molecule has 0 spiro atoms. The third kappa shape index (κ3) is 4.51. The summed E-state index contributed by atoms with van der Waals surface area (Å²) in [7, 11) is 0. The van der Waals surface area contributed by atoms with Crippen LogP contribution in [0.4, 0.5) is 0 Å². The summed E-state index contributed by atoms with van der Waals surface area (Å²) < 4.78 is 5.30. The van der Waals surface area contributed by atoms with Crippen LogP contribution in [0.25, 0.3) is 0 Å². The Morgan fingerprint density at radius 3 is 2.25 bits per heavy atom. The van der Waals surface area contributed by atoms with Crippen LogP contribution in [0.2, 0.25) is 0 Å². The molecule has 0 heterocycles. The predicted octanol–water partition coefficient (Wildman–Crippen LogP) is -0.375. The van der Waals surface area contributed by atoms with Gasteiger partial charge in [-0.2, -0.15) is 17.7 Å². The SMILES string of the molecule is CC(C)O[CH-]c1ccccc1.[Li+]. The summed E-state index contributed by atoms with van der Waals surface area (Å²) in [6.45, 7) is 5.81. The first-order chi connectivity index (χ1) is 5.29. The Morgan fingerprint density at radius 2 is 1.75 bits per heavy atom. The van der Waals surface area contributed by atoms with E-state index in [0.717, 1.165) is 5.56 Å². The molecule has 0 aliphatic carbocycles. The van der Waals surface area contributed by atoms with Gasteiger partial charge in [-0.15, -0.1) is 12.1 Å². The van der Waals surface area contributed by atoms with E-state index in [0.29, 0.717) is 0 Å². The van der Waals surface area contributed by atoms with E-state index in [4.69, 9.17) is 4.74 Å². The second-order valence-electron chi connectivity index (χ2n) is 2.71. The molecule has 12 heavy (non-hydrogen) atoms. The van der Waals surface area contributed by atoms with Crippen LogP contribution in [0.5, 0.6) is 0 Å². The van der Waals surface area contributed by atoms with E-state index in [1.807, 2.05) is 44.2 Å². The van der Waals surface area contributed by atoms with E-state index in [1.54, 1.807) is 6.61 Å². The molecule has 0 unspecified atom stereocenters. The van der Waals surface area contributed by atoms with Gasteiger partial charge in [0.15, 0.2) is 0 Å². The van der Waals surface area contributed by atoms with Gasteiger partial charge in [0.2, 0.25) is 0 Å². The van der Waals surface area contributed by atoms with Crippen molar-refractivity contribution in [2.45, 2.75) is 20.0 Å². The molecule has 0 amide bonds. The molecular weight excluding hydrogens is 143 g/mol. The van der Waals surface area contributed by atoms with Crippen LogP contribution in [0.1, 0.15) is 19.4 Å². The van der Waals surface area contributed by atoms with Crippen LogP contribution in [-0.4, -0.2) is 6.10 Å². The Hall–Kier alpha value is -0.353. The molecular formula is C10H13LiO. The van der Waals surface area contributed by atoms with Gasteiger partial charge in [-0.05, 0) is 13.8 Å². The molecule has 1 aromatic rings. The van der Waals surface area contributed by atoms with Crippen molar-refractivity contribution in [3.05, 3.63) is 42.5 Å². The topological polar surface area (TPSA) is 9.23 Å². The molecule has 0 saturated heterocycles. The standard InChI is InChI=1S/C10H13O.Li/c1-9(2)11-8-10-6-4-3-5-7-10;/h3-9H,1-2H3;/q-1;+1. The van der Waals surface area contributed by atoms with Crippen LogP contribution < -0.4 is 18.9 Å². The van der Waals surface area contributed by atoms with Gasteiger partial charge < -0.3 is 4.74 Å². The van der Waals surface area contributed by atoms with Gasteiger partial charge in [-0.25, -0.2) is 0 Å². The van der Waals surface area contributed by atoms with Crippen molar-refractivity contribution in [2.75, 3.05) is 0 Å². The Bertz CT molecular complexity index is 196. The Balaban J connectivity index is 0.00000121. The minimum atomic E-state index is 0. The molecule has 1 nitrogen and oxygen atoms in total. The summed E-state index contributed by atoms with van der Waals surface area (Å²) in [5, 5.41) is 0. The van der Waals surface area contributed by atoms with Gasteiger partial charge in [0, 0.05) is 6.10 Å². The van der Waals surface area contributed by atoms with Crippen molar-refractivity contribution in [1.29, 1.82) is 0 Å². The van der Waals surface area contributed by atoms with Crippen LogP contribution in [-0.2, 0) is 4.74 Å². The molecule has 0 aromatic heterocycles. The third-order valence-electron chi connectivity index (χ3n) is 1.28. The molecule has 60 valence electrons. The largest absolute Gasteiger partial charge is 1.00 e. The summed E-state index contributed by atoms with van der Waals surface area (Å²) in [5.74, 6) is 0. The Labute approximate surface area is 86.3 Å². The zero-order chi connectivity index (χ0) is 8.10. The average molecular weight is 156 g/mol. The quantitative estimate of drug-likeness (QED) is 0.428. The van der Waals surface area contributed by atoms with Crippen molar-refractivity contribution in [3.63, 3.8) is 0 Å². The number of hydrogen-bond donors (Lipinski definition) is 0. The fourth-order valence-electron chi connectivity index (χ4n) is 0.746. The fourth-order valence-corrected chi connectivity index (χ4v) is 0.746. The van der Waals surface area contributed by atoms with Gasteiger partial charge in [-0.1, -0.05) is 12.7 Å². The monoisotopic (exact) mass is 156 g/mol. The third-order valence-corrected chi connectivity index (χ3v) is 1.28. The summed E-state index contributed by atoms with van der Waals surface area (Å²) in [4.78, 5) is 0. The molecule has 1 aromatic carbocycles. The molecule has 0 aliphatic rings. The molecule has 0 fully saturated rings. The minimum absolute atomic E-state index is 0. The molecule has 0 radical (unpaired) electrons. The Morgan fingerprint density at radius 1 is 1.17 bits per heavy atom. The molecule has 1 rings (SSSR count). The van der Waals surface area contributed by atoms with Crippen molar-refractivity contribution in [1.82, 2.24) is 0 Å². The van der Waals surface area contributed by atoms with Crippen molar-refractivity contribution < 1.29 is 23.6 Å². The second kappa shape index (κ2) is 6.20. The first-order valence-corrected chi connectivity index (χ1v) is 3.83. The van der Waals surface area contributed by atoms with Crippen LogP contribution >= 0.6 is 0 Å². The van der Waals surface area contributed by atoms with Crippen molar-refractivity contribution >= 4 is 0 Å². The van der Waals surface area contributed by atoms with E-state index >= 15 is 0 Å². The van der Waals surface area contributed by atoms with E-state index < -0.39 is 0 Å². The van der Waals surface area contributed by atoms with E-state index in [1.165, 1.54) is 0 Å². The normalized spacial score (nSPS) is 9.25. The zero-order valence-electron chi connectivity index (χ0n) is 7.95. The summed E-state index contributed by atoms with van der Waals surface area (Å²) in [5.41, 5.74) is 1.11. The predicted molar refractivity (Wildman–Crippen MR) is 46.1 cm³/mol. The van der Waals surface area contributed by atoms with Gasteiger partial charge in [0.25, 0.3) is 0 Å². The molecule has 0 atom stereocenters. The van der Waals surface area contributed by atoms with E-state index in [2.05, 4.69) is 0 Å². The minimum Gasteiger partial charge on any atom is -0.411 e. The number of rotatable bonds is 3. The van der Waals surface area contributed by atoms with Crippen LogP contribution in [0, 0.1) is 6.61 Å². The zero-order valence-corrected chi connectivity index (χ0v) is 7.95. The maximum absolute atomic E-state index is 5.30. The maximum Gasteiger partial charge on any atom is 1.00 e. The van der Waals surface area contributed by atoms with Gasteiger partial charge >= 0.3 is 18.9 Å². The smallest absolute Gasteiger partial charge is 0.411 e. The van der Waals surface area contributed by atoms with Crippen LogP contribution in [0.3, 0.4) is 0 Å². The number of benzene rings is 1. The van der Waals surface area contributed by atoms with Crippen molar-refractivity contribution in [3.8, 4) is 0 Å². The fraction of sp³-hybridized carbons (Fsp3) is 0.300. The summed E-state index contributed by atoms with van der Waals surface area (Å²) in [6, 6.07) is 10.0. The molecule has 0 saturated carbocycles. The Kier molecular flexibility index (Phi) is 6.01. The molecule has 0 bridgehead atoms. The average Bonchev–Trinajstić information content (AvgIpc) is 2.03. The molecule has 2 heteroatoms. The van der Waals surface area contributed by atoms with Crippen molar-refractivity contribution in [2.24, 2.45) is 0 Å². The maximum atomic E-state index is 5.30. The van der Waals surface area contributed by atoms with Gasteiger partial charge in [0.05, 0.1) is 0 Å². The molecule has 0 N–H and O–H groups in total. The molecule has 0 aliphatic heterocycles. The number of ether oxygens (including phenoxy) is 1. The first-order valence-electron chi connectivity index (χ1n) is 3.83.